The molecule has 0 amide bonds. The quantitative estimate of drug-likeness (QED) is 0.666. The van der Waals surface area contributed by atoms with E-state index in [2.05, 4.69) is 13.8 Å². The highest BCUT2D eigenvalue weighted by atomic mass is 16.5. The van der Waals surface area contributed by atoms with E-state index >= 15 is 0 Å². The van der Waals surface area contributed by atoms with Gasteiger partial charge in [-0.1, -0.05) is 13.8 Å². The zero-order valence-electron chi connectivity index (χ0n) is 12.0. The maximum Gasteiger partial charge on any atom is 0.343 e. The van der Waals surface area contributed by atoms with Crippen LogP contribution in [0.3, 0.4) is 0 Å². The van der Waals surface area contributed by atoms with Crippen LogP contribution in [0, 0.1) is 5.92 Å². The summed E-state index contributed by atoms with van der Waals surface area (Å²) in [6, 6.07) is 10.6. The number of carbonyl (C=O) groups excluding carboxylic acids is 1. The smallest absolute Gasteiger partial charge is 0.343 e. The minimum atomic E-state index is -0.504. The van der Waals surface area contributed by atoms with Crippen LogP contribution in [0.5, 0.6) is 17.2 Å². The molecular formula is C17H18O4. The summed E-state index contributed by atoms with van der Waals surface area (Å²) >= 11 is 0. The molecule has 0 saturated carbocycles. The fraction of sp³-hybridized carbons (Fsp3) is 0.235. The summed E-state index contributed by atoms with van der Waals surface area (Å²) in [5.41, 5.74) is 1.10. The molecule has 0 aliphatic carbocycles. The lowest BCUT2D eigenvalue weighted by Gasteiger charge is -2.10. The first-order chi connectivity index (χ1) is 9.95. The molecular weight excluding hydrogens is 268 g/mol. The first kappa shape index (κ1) is 14.9. The normalized spacial score (nSPS) is 10.6. The van der Waals surface area contributed by atoms with Gasteiger partial charge in [-0.3, -0.25) is 0 Å². The zero-order chi connectivity index (χ0) is 15.4. The van der Waals surface area contributed by atoms with Gasteiger partial charge in [0, 0.05) is 0 Å². The fourth-order valence-corrected chi connectivity index (χ4v) is 1.99. The number of benzene rings is 2. The number of hydrogen-bond acceptors (Lipinski definition) is 4. The monoisotopic (exact) mass is 286 g/mol. The van der Waals surface area contributed by atoms with Gasteiger partial charge >= 0.3 is 5.97 Å². The van der Waals surface area contributed by atoms with Gasteiger partial charge in [-0.2, -0.15) is 0 Å². The minimum Gasteiger partial charge on any atom is -0.508 e. The Kier molecular flexibility index (Phi) is 4.48. The van der Waals surface area contributed by atoms with Crippen LogP contribution >= 0.6 is 0 Å². The van der Waals surface area contributed by atoms with Crippen LogP contribution < -0.4 is 4.74 Å². The average molecular weight is 286 g/mol. The highest BCUT2D eigenvalue weighted by molar-refractivity contribution is 5.91. The van der Waals surface area contributed by atoms with Crippen LogP contribution in [0.2, 0.25) is 0 Å². The number of carbonyl (C=O) groups is 1. The number of ether oxygens (including phenoxy) is 1. The summed E-state index contributed by atoms with van der Waals surface area (Å²) < 4.78 is 5.29. The third kappa shape index (κ3) is 3.99. The van der Waals surface area contributed by atoms with E-state index in [1.807, 2.05) is 0 Å². The van der Waals surface area contributed by atoms with E-state index in [-0.39, 0.29) is 11.5 Å². The van der Waals surface area contributed by atoms with Crippen molar-refractivity contribution in [2.45, 2.75) is 20.3 Å². The Morgan fingerprint density at radius 2 is 1.76 bits per heavy atom. The molecule has 2 aromatic carbocycles. The molecule has 0 atom stereocenters. The standard InChI is InChI=1S/C17H18O4/c1-11(2)9-13-10-15(7-8-16(13)19)21-17(20)12-3-5-14(18)6-4-12/h3-8,10-11,18-19H,9H2,1-2H3. The van der Waals surface area contributed by atoms with Crippen molar-refractivity contribution in [2.75, 3.05) is 0 Å². The Morgan fingerprint density at radius 1 is 1.10 bits per heavy atom. The molecule has 0 spiro atoms. The maximum absolute atomic E-state index is 12.0. The third-order valence-corrected chi connectivity index (χ3v) is 2.99. The van der Waals surface area contributed by atoms with Crippen LogP contribution in [-0.2, 0) is 6.42 Å². The van der Waals surface area contributed by atoms with Gasteiger partial charge in [-0.25, -0.2) is 4.79 Å². The van der Waals surface area contributed by atoms with E-state index in [1.54, 1.807) is 12.1 Å². The third-order valence-electron chi connectivity index (χ3n) is 2.99. The molecule has 110 valence electrons. The Morgan fingerprint density at radius 3 is 2.38 bits per heavy atom. The van der Waals surface area contributed by atoms with Crippen molar-refractivity contribution in [3.8, 4) is 17.2 Å². The highest BCUT2D eigenvalue weighted by Gasteiger charge is 2.11. The van der Waals surface area contributed by atoms with E-state index in [4.69, 9.17) is 4.74 Å². The molecule has 21 heavy (non-hydrogen) atoms. The molecule has 0 radical (unpaired) electrons. The molecule has 0 fully saturated rings. The Bertz CT molecular complexity index is 630. The van der Waals surface area contributed by atoms with Crippen molar-refractivity contribution < 1.29 is 19.7 Å². The van der Waals surface area contributed by atoms with Crippen molar-refractivity contribution >= 4 is 5.97 Å². The van der Waals surface area contributed by atoms with Crippen LogP contribution in [0.25, 0.3) is 0 Å². The SMILES string of the molecule is CC(C)Cc1cc(OC(=O)c2ccc(O)cc2)ccc1O. The number of hydrogen-bond donors (Lipinski definition) is 2. The molecule has 0 saturated heterocycles. The highest BCUT2D eigenvalue weighted by Crippen LogP contribution is 2.26. The van der Waals surface area contributed by atoms with E-state index in [0.717, 1.165) is 5.56 Å². The van der Waals surface area contributed by atoms with E-state index in [9.17, 15) is 15.0 Å². The Balaban J connectivity index is 2.15. The molecule has 0 bridgehead atoms. The molecule has 0 unspecified atom stereocenters. The second-order valence-corrected chi connectivity index (χ2v) is 5.32. The van der Waals surface area contributed by atoms with E-state index in [0.29, 0.717) is 23.7 Å². The number of phenolic OH excluding ortho intramolecular Hbond substituents is 2. The van der Waals surface area contributed by atoms with Crippen molar-refractivity contribution in [2.24, 2.45) is 5.92 Å². The molecule has 2 rings (SSSR count). The summed E-state index contributed by atoms with van der Waals surface area (Å²) in [7, 11) is 0. The fourth-order valence-electron chi connectivity index (χ4n) is 1.99. The van der Waals surface area contributed by atoms with Gasteiger partial charge in [-0.15, -0.1) is 0 Å². The molecule has 4 heteroatoms. The van der Waals surface area contributed by atoms with Gasteiger partial charge in [0.05, 0.1) is 5.56 Å². The second kappa shape index (κ2) is 6.31. The lowest BCUT2D eigenvalue weighted by molar-refractivity contribution is 0.0734. The predicted molar refractivity (Wildman–Crippen MR) is 79.7 cm³/mol. The van der Waals surface area contributed by atoms with Crippen LogP contribution in [0.4, 0.5) is 0 Å². The summed E-state index contributed by atoms with van der Waals surface area (Å²) in [5, 5.41) is 19.0. The summed E-state index contributed by atoms with van der Waals surface area (Å²) in [6.07, 6.45) is 0.705. The van der Waals surface area contributed by atoms with Gasteiger partial charge < -0.3 is 14.9 Å². The van der Waals surface area contributed by atoms with Crippen molar-refractivity contribution in [3.63, 3.8) is 0 Å². The van der Waals surface area contributed by atoms with Crippen molar-refractivity contribution in [1.82, 2.24) is 0 Å². The Labute approximate surface area is 123 Å². The summed E-state index contributed by atoms with van der Waals surface area (Å²) in [6.45, 7) is 4.10. The van der Waals surface area contributed by atoms with E-state index in [1.165, 1.54) is 30.3 Å². The topological polar surface area (TPSA) is 66.8 Å². The van der Waals surface area contributed by atoms with Gasteiger partial charge in [-0.05, 0) is 60.4 Å². The lowest BCUT2D eigenvalue weighted by Crippen LogP contribution is -2.08. The minimum absolute atomic E-state index is 0.0930. The lowest BCUT2D eigenvalue weighted by atomic mass is 10.0. The molecule has 0 heterocycles. The summed E-state index contributed by atoms with van der Waals surface area (Å²) in [4.78, 5) is 12.0. The molecule has 0 aliphatic rings. The average Bonchev–Trinajstić information content (AvgIpc) is 2.42. The van der Waals surface area contributed by atoms with Crippen molar-refractivity contribution in [3.05, 3.63) is 53.6 Å². The first-order valence-corrected chi connectivity index (χ1v) is 6.79. The molecule has 0 aromatic heterocycles. The van der Waals surface area contributed by atoms with Gasteiger partial charge in [0.1, 0.15) is 17.2 Å². The number of esters is 1. The van der Waals surface area contributed by atoms with E-state index < -0.39 is 5.97 Å². The molecule has 0 aliphatic heterocycles. The van der Waals surface area contributed by atoms with Crippen LogP contribution in [-0.4, -0.2) is 16.2 Å². The predicted octanol–water partition coefficient (Wildman–Crippen LogP) is 3.52. The van der Waals surface area contributed by atoms with Gasteiger partial charge in [0.15, 0.2) is 0 Å². The Hall–Kier alpha value is -2.49. The van der Waals surface area contributed by atoms with Gasteiger partial charge in [0.2, 0.25) is 0 Å². The number of rotatable bonds is 4. The first-order valence-electron chi connectivity index (χ1n) is 6.79. The van der Waals surface area contributed by atoms with Crippen molar-refractivity contribution in [1.29, 1.82) is 0 Å². The van der Waals surface area contributed by atoms with Crippen LogP contribution in [0.15, 0.2) is 42.5 Å². The summed E-state index contributed by atoms with van der Waals surface area (Å²) in [5.74, 6) is 0.570. The molecule has 4 nitrogen and oxygen atoms in total. The molecule has 2 N–H and O–H groups in total. The number of aromatic hydroxyl groups is 2. The number of phenols is 2. The van der Waals surface area contributed by atoms with Crippen LogP contribution in [0.1, 0.15) is 29.8 Å². The molecule has 2 aromatic rings. The zero-order valence-corrected chi connectivity index (χ0v) is 12.0. The van der Waals surface area contributed by atoms with Gasteiger partial charge in [0.25, 0.3) is 0 Å². The second-order valence-electron chi connectivity index (χ2n) is 5.32. The maximum atomic E-state index is 12.0. The largest absolute Gasteiger partial charge is 0.508 e.